The molecule has 0 saturated carbocycles. The first-order valence-electron chi connectivity index (χ1n) is 9.61. The number of nitrogens with zero attached hydrogens (tertiary/aromatic N) is 3. The lowest BCUT2D eigenvalue weighted by atomic mass is 10.2. The van der Waals surface area contributed by atoms with Crippen LogP contribution in [-0.4, -0.2) is 20.4 Å². The molecule has 0 unspecified atom stereocenters. The number of anilines is 1. The van der Waals surface area contributed by atoms with E-state index in [0.717, 1.165) is 38.1 Å². The molecule has 1 amide bonds. The molecule has 4 rings (SSSR count). The molecule has 2 heterocycles. The van der Waals surface area contributed by atoms with Crippen molar-refractivity contribution in [2.24, 2.45) is 0 Å². The van der Waals surface area contributed by atoms with E-state index in [1.165, 1.54) is 11.3 Å². The molecule has 0 fully saturated rings. The summed E-state index contributed by atoms with van der Waals surface area (Å²) in [5.41, 5.74) is 5.01. The number of rotatable bonds is 8. The normalized spacial score (nSPS) is 11.0. The second kappa shape index (κ2) is 9.28. The quantitative estimate of drug-likeness (QED) is 0.295. The Kier molecular flexibility index (Phi) is 6.30. The van der Waals surface area contributed by atoms with Gasteiger partial charge in [0, 0.05) is 23.4 Å². The maximum atomic E-state index is 12.3. The Balaban J connectivity index is 1.38. The number of aryl methyl sites for hydroxylation is 1. The monoisotopic (exact) mass is 434 g/mol. The number of nitrogens with one attached hydrogen (secondary N) is 1. The van der Waals surface area contributed by atoms with Gasteiger partial charge in [-0.15, -0.1) is 17.9 Å². The highest BCUT2D eigenvalue weighted by Crippen LogP contribution is 2.27. The van der Waals surface area contributed by atoms with Gasteiger partial charge in [0.25, 0.3) is 0 Å². The van der Waals surface area contributed by atoms with Crippen LogP contribution in [0, 0.1) is 6.92 Å². The maximum Gasteiger partial charge on any atom is 0.231 e. The summed E-state index contributed by atoms with van der Waals surface area (Å²) in [5.74, 6) is 0.650. The van der Waals surface area contributed by atoms with Crippen LogP contribution in [0.5, 0.6) is 0 Å². The first-order valence-corrected chi connectivity index (χ1v) is 11.5. The van der Waals surface area contributed by atoms with E-state index in [1.807, 2.05) is 60.8 Å². The minimum absolute atomic E-state index is 0.0554. The molecule has 0 radical (unpaired) electrons. The lowest BCUT2D eigenvalue weighted by molar-refractivity contribution is -0.115. The van der Waals surface area contributed by atoms with Crippen molar-refractivity contribution in [1.29, 1.82) is 0 Å². The summed E-state index contributed by atoms with van der Waals surface area (Å²) < 4.78 is 2.16. The zero-order chi connectivity index (χ0) is 20.9. The Bertz CT molecular complexity index is 1180. The number of benzene rings is 2. The third-order valence-corrected chi connectivity index (χ3v) is 6.43. The van der Waals surface area contributed by atoms with E-state index in [2.05, 4.69) is 27.5 Å². The largest absolute Gasteiger partial charge is 0.326 e. The van der Waals surface area contributed by atoms with E-state index in [9.17, 15) is 4.79 Å². The molecule has 5 nitrogen and oxygen atoms in total. The van der Waals surface area contributed by atoms with Crippen LogP contribution in [0.4, 0.5) is 5.69 Å². The van der Waals surface area contributed by atoms with Crippen molar-refractivity contribution >= 4 is 45.7 Å². The van der Waals surface area contributed by atoms with Gasteiger partial charge >= 0.3 is 0 Å². The number of fused-ring (bicyclic) bond motifs is 1. The van der Waals surface area contributed by atoms with Crippen LogP contribution in [0.15, 0.2) is 71.7 Å². The summed E-state index contributed by atoms with van der Waals surface area (Å²) in [6, 6.07) is 15.9. The highest BCUT2D eigenvalue weighted by molar-refractivity contribution is 7.98. The number of amides is 1. The molecule has 0 aliphatic carbocycles. The SMILES string of the molecule is C=CCn1c(SCc2csc(CC(=O)Nc3ccc(C)cc3)n2)nc2ccccc21. The van der Waals surface area contributed by atoms with Crippen LogP contribution in [0.3, 0.4) is 0 Å². The third kappa shape index (κ3) is 4.80. The van der Waals surface area contributed by atoms with Crippen molar-refractivity contribution < 1.29 is 4.79 Å². The Morgan fingerprint density at radius 2 is 2.00 bits per heavy atom. The lowest BCUT2D eigenvalue weighted by Crippen LogP contribution is -2.14. The Morgan fingerprint density at radius 3 is 2.80 bits per heavy atom. The fourth-order valence-electron chi connectivity index (χ4n) is 3.08. The van der Waals surface area contributed by atoms with Gasteiger partial charge < -0.3 is 9.88 Å². The summed E-state index contributed by atoms with van der Waals surface area (Å²) in [7, 11) is 0. The number of allylic oxidation sites excluding steroid dienone is 1. The van der Waals surface area contributed by atoms with E-state index in [0.29, 0.717) is 12.3 Å². The van der Waals surface area contributed by atoms with Gasteiger partial charge in [0.15, 0.2) is 5.16 Å². The zero-order valence-corrected chi connectivity index (χ0v) is 18.3. The molecule has 152 valence electrons. The summed E-state index contributed by atoms with van der Waals surface area (Å²) in [4.78, 5) is 21.7. The summed E-state index contributed by atoms with van der Waals surface area (Å²) in [6.45, 7) is 6.59. The summed E-state index contributed by atoms with van der Waals surface area (Å²) in [5, 5.41) is 6.70. The van der Waals surface area contributed by atoms with Gasteiger partial charge in [-0.25, -0.2) is 9.97 Å². The maximum absolute atomic E-state index is 12.3. The molecular weight excluding hydrogens is 412 g/mol. The Morgan fingerprint density at radius 1 is 1.20 bits per heavy atom. The van der Waals surface area contributed by atoms with Crippen molar-refractivity contribution in [3.8, 4) is 0 Å². The number of para-hydroxylation sites is 2. The number of imidazole rings is 1. The smallest absolute Gasteiger partial charge is 0.231 e. The number of thioether (sulfide) groups is 1. The van der Waals surface area contributed by atoms with Gasteiger partial charge in [-0.2, -0.15) is 0 Å². The van der Waals surface area contributed by atoms with Crippen molar-refractivity contribution in [1.82, 2.24) is 14.5 Å². The molecule has 0 bridgehead atoms. The second-order valence-electron chi connectivity index (χ2n) is 6.89. The zero-order valence-electron chi connectivity index (χ0n) is 16.7. The molecule has 7 heteroatoms. The minimum atomic E-state index is -0.0554. The van der Waals surface area contributed by atoms with Crippen LogP contribution in [-0.2, 0) is 23.5 Å². The fourth-order valence-corrected chi connectivity index (χ4v) is 4.90. The van der Waals surface area contributed by atoms with Gasteiger partial charge in [-0.1, -0.05) is 47.7 Å². The standard InChI is InChI=1S/C23H22N4OS2/c1-3-12-27-20-7-5-4-6-19(20)26-23(27)30-15-18-14-29-22(25-18)13-21(28)24-17-10-8-16(2)9-11-17/h3-11,14H,1,12-13,15H2,2H3,(H,24,28). The van der Waals surface area contributed by atoms with E-state index in [1.54, 1.807) is 11.8 Å². The lowest BCUT2D eigenvalue weighted by Gasteiger charge is -2.05. The molecule has 0 spiro atoms. The van der Waals surface area contributed by atoms with E-state index >= 15 is 0 Å². The first-order chi connectivity index (χ1) is 14.6. The predicted molar refractivity (Wildman–Crippen MR) is 125 cm³/mol. The highest BCUT2D eigenvalue weighted by Gasteiger charge is 2.12. The third-order valence-electron chi connectivity index (χ3n) is 4.53. The highest BCUT2D eigenvalue weighted by atomic mass is 32.2. The number of carbonyl (C=O) groups excluding carboxylic acids is 1. The number of carbonyl (C=O) groups is 1. The van der Waals surface area contributed by atoms with E-state index in [4.69, 9.17) is 4.98 Å². The van der Waals surface area contributed by atoms with Crippen molar-refractivity contribution in [2.45, 2.75) is 30.8 Å². The molecular formula is C23H22N4OS2. The average Bonchev–Trinajstić information content (AvgIpc) is 3.33. The molecule has 0 aliphatic heterocycles. The van der Waals surface area contributed by atoms with Crippen LogP contribution in [0.2, 0.25) is 0 Å². The molecule has 30 heavy (non-hydrogen) atoms. The van der Waals surface area contributed by atoms with Crippen LogP contribution in [0.1, 0.15) is 16.3 Å². The van der Waals surface area contributed by atoms with Gasteiger partial charge in [0.2, 0.25) is 5.91 Å². The minimum Gasteiger partial charge on any atom is -0.326 e. The molecule has 2 aromatic carbocycles. The Hall–Kier alpha value is -2.90. The van der Waals surface area contributed by atoms with E-state index < -0.39 is 0 Å². The first kappa shape index (κ1) is 20.4. The van der Waals surface area contributed by atoms with Crippen molar-refractivity contribution in [2.75, 3.05) is 5.32 Å². The van der Waals surface area contributed by atoms with Crippen molar-refractivity contribution in [3.05, 3.63) is 82.8 Å². The molecule has 4 aromatic rings. The second-order valence-corrected chi connectivity index (χ2v) is 8.78. The van der Waals surface area contributed by atoms with Gasteiger partial charge in [-0.3, -0.25) is 4.79 Å². The van der Waals surface area contributed by atoms with Crippen LogP contribution >= 0.6 is 23.1 Å². The summed E-state index contributed by atoms with van der Waals surface area (Å²) in [6.07, 6.45) is 2.16. The molecule has 0 aliphatic rings. The Labute approximate surface area is 183 Å². The van der Waals surface area contributed by atoms with Crippen LogP contribution < -0.4 is 5.32 Å². The van der Waals surface area contributed by atoms with Crippen molar-refractivity contribution in [3.63, 3.8) is 0 Å². The van der Waals surface area contributed by atoms with Crippen LogP contribution in [0.25, 0.3) is 11.0 Å². The number of hydrogen-bond acceptors (Lipinski definition) is 5. The predicted octanol–water partition coefficient (Wildman–Crippen LogP) is 5.46. The molecule has 2 aromatic heterocycles. The summed E-state index contributed by atoms with van der Waals surface area (Å²) >= 11 is 3.17. The number of thiazole rings is 1. The van der Waals surface area contributed by atoms with Gasteiger partial charge in [0.05, 0.1) is 23.1 Å². The fraction of sp³-hybridized carbons (Fsp3) is 0.174. The number of hydrogen-bond donors (Lipinski definition) is 1. The van der Waals surface area contributed by atoms with E-state index in [-0.39, 0.29) is 12.3 Å². The number of aromatic nitrogens is 3. The van der Waals surface area contributed by atoms with Gasteiger partial charge in [0.1, 0.15) is 5.01 Å². The molecule has 0 atom stereocenters. The molecule has 0 saturated heterocycles. The average molecular weight is 435 g/mol. The molecule has 1 N–H and O–H groups in total. The van der Waals surface area contributed by atoms with Gasteiger partial charge in [-0.05, 0) is 31.2 Å². The topological polar surface area (TPSA) is 59.8 Å².